The lowest BCUT2D eigenvalue weighted by molar-refractivity contribution is 0.511. The monoisotopic (exact) mass is 481 g/mol. The SMILES string of the molecule is C=C/C(=C1/C=C(C2=CCc3ncc(-c4cc(F)c(F)c(NCCN)c4)cc32)C=CN1)c1cccnc1. The Bertz CT molecular complexity index is 1450. The minimum absolute atomic E-state index is 0.0813. The van der Waals surface area contributed by atoms with E-state index in [1.54, 1.807) is 24.7 Å². The van der Waals surface area contributed by atoms with Crippen molar-refractivity contribution in [2.75, 3.05) is 18.4 Å². The standard InChI is InChI=1S/C29H25F2N5/c1-2-22(19-4-3-9-33-16-19)27-14-18(7-10-34-27)23-5-6-26-24(23)12-21(17-36-26)20-13-25(30)29(31)28(15-20)35-11-8-32/h2-5,7,9-10,12-17,34-35H,1,6,8,11,32H2/b27-22+. The van der Waals surface area contributed by atoms with Crippen molar-refractivity contribution in [1.82, 2.24) is 15.3 Å². The number of halogens is 2. The fourth-order valence-corrected chi connectivity index (χ4v) is 4.41. The van der Waals surface area contributed by atoms with Crippen molar-refractivity contribution < 1.29 is 8.78 Å². The molecule has 0 amide bonds. The Labute approximate surface area is 208 Å². The number of pyridine rings is 2. The molecule has 1 aliphatic carbocycles. The summed E-state index contributed by atoms with van der Waals surface area (Å²) < 4.78 is 28.6. The van der Waals surface area contributed by atoms with Crippen molar-refractivity contribution in [2.24, 2.45) is 5.73 Å². The Hall–Kier alpha value is -4.36. The number of anilines is 1. The summed E-state index contributed by atoms with van der Waals surface area (Å²) in [5, 5.41) is 6.15. The zero-order chi connectivity index (χ0) is 25.1. The van der Waals surface area contributed by atoms with Gasteiger partial charge in [-0.3, -0.25) is 9.97 Å². The highest BCUT2D eigenvalue weighted by Crippen LogP contribution is 2.37. The van der Waals surface area contributed by atoms with Crippen LogP contribution in [0.15, 0.2) is 97.3 Å². The fourth-order valence-electron chi connectivity index (χ4n) is 4.41. The summed E-state index contributed by atoms with van der Waals surface area (Å²) in [5.74, 6) is -1.84. The van der Waals surface area contributed by atoms with E-state index in [1.165, 1.54) is 6.07 Å². The Balaban J connectivity index is 1.52. The molecule has 0 saturated carbocycles. The van der Waals surface area contributed by atoms with Gasteiger partial charge in [0.15, 0.2) is 11.6 Å². The van der Waals surface area contributed by atoms with Crippen LogP contribution in [0.2, 0.25) is 0 Å². The van der Waals surface area contributed by atoms with E-state index in [1.807, 2.05) is 36.6 Å². The van der Waals surface area contributed by atoms with Gasteiger partial charge in [0, 0.05) is 72.3 Å². The van der Waals surface area contributed by atoms with Crippen molar-refractivity contribution in [3.05, 3.63) is 126 Å². The van der Waals surface area contributed by atoms with Gasteiger partial charge in [-0.1, -0.05) is 24.8 Å². The van der Waals surface area contributed by atoms with Crippen LogP contribution < -0.4 is 16.4 Å². The molecule has 0 unspecified atom stereocenters. The van der Waals surface area contributed by atoms with Gasteiger partial charge in [0.1, 0.15) is 0 Å². The van der Waals surface area contributed by atoms with Crippen molar-refractivity contribution in [3.63, 3.8) is 0 Å². The third-order valence-corrected chi connectivity index (χ3v) is 6.16. The van der Waals surface area contributed by atoms with Gasteiger partial charge in [0.05, 0.1) is 11.4 Å². The molecule has 4 N–H and O–H groups in total. The van der Waals surface area contributed by atoms with Gasteiger partial charge >= 0.3 is 0 Å². The number of aromatic nitrogens is 2. The van der Waals surface area contributed by atoms with Crippen LogP contribution in [0.5, 0.6) is 0 Å². The lowest BCUT2D eigenvalue weighted by atomic mass is 9.94. The lowest BCUT2D eigenvalue weighted by Gasteiger charge is -2.17. The van der Waals surface area contributed by atoms with Crippen molar-refractivity contribution in [3.8, 4) is 11.1 Å². The number of hydrogen-bond donors (Lipinski definition) is 3. The van der Waals surface area contributed by atoms with E-state index in [-0.39, 0.29) is 5.69 Å². The molecule has 0 fully saturated rings. The first-order valence-corrected chi connectivity index (χ1v) is 11.6. The average Bonchev–Trinajstić information content (AvgIpc) is 3.34. The summed E-state index contributed by atoms with van der Waals surface area (Å²) in [6, 6.07) is 8.64. The van der Waals surface area contributed by atoms with Crippen LogP contribution in [-0.4, -0.2) is 23.1 Å². The molecule has 1 aliphatic heterocycles. The van der Waals surface area contributed by atoms with Gasteiger partial charge in [-0.15, -0.1) is 0 Å². The second-order valence-corrected chi connectivity index (χ2v) is 8.43. The molecule has 2 aromatic heterocycles. The Morgan fingerprint density at radius 3 is 2.86 bits per heavy atom. The summed E-state index contributed by atoms with van der Waals surface area (Å²) in [6.45, 7) is 4.63. The summed E-state index contributed by atoms with van der Waals surface area (Å²) >= 11 is 0. The van der Waals surface area contributed by atoms with E-state index in [0.717, 1.165) is 39.2 Å². The zero-order valence-corrected chi connectivity index (χ0v) is 19.6. The zero-order valence-electron chi connectivity index (χ0n) is 19.6. The number of hydrogen-bond acceptors (Lipinski definition) is 5. The minimum Gasteiger partial charge on any atom is -0.381 e. The van der Waals surface area contributed by atoms with Gasteiger partial charge in [-0.05, 0) is 53.1 Å². The first kappa shape index (κ1) is 23.4. The van der Waals surface area contributed by atoms with Gasteiger partial charge in [0.25, 0.3) is 0 Å². The minimum atomic E-state index is -0.922. The fraction of sp³-hybridized carbons (Fsp3) is 0.103. The molecule has 1 aromatic carbocycles. The van der Waals surface area contributed by atoms with Crippen molar-refractivity contribution >= 4 is 16.8 Å². The third kappa shape index (κ3) is 4.48. The Morgan fingerprint density at radius 1 is 1.19 bits per heavy atom. The predicted molar refractivity (Wildman–Crippen MR) is 141 cm³/mol. The first-order chi connectivity index (χ1) is 17.6. The van der Waals surface area contributed by atoms with Crippen molar-refractivity contribution in [2.45, 2.75) is 6.42 Å². The predicted octanol–water partition coefficient (Wildman–Crippen LogP) is 5.37. The molecule has 0 saturated heterocycles. The number of nitrogens with zero attached hydrogens (tertiary/aromatic N) is 2. The largest absolute Gasteiger partial charge is 0.381 e. The maximum absolute atomic E-state index is 14.4. The van der Waals surface area contributed by atoms with E-state index < -0.39 is 11.6 Å². The van der Waals surface area contributed by atoms with E-state index in [0.29, 0.717) is 30.6 Å². The molecule has 3 aromatic rings. The number of allylic oxidation sites excluding steroid dienone is 7. The smallest absolute Gasteiger partial charge is 0.181 e. The Kier molecular flexibility index (Phi) is 6.56. The molecule has 3 heterocycles. The van der Waals surface area contributed by atoms with E-state index in [9.17, 15) is 8.78 Å². The quantitative estimate of drug-likeness (QED) is 0.423. The topological polar surface area (TPSA) is 75.9 Å². The molecular formula is C29H25F2N5. The third-order valence-electron chi connectivity index (χ3n) is 6.16. The number of nitrogens with one attached hydrogen (secondary N) is 2. The lowest BCUT2D eigenvalue weighted by Crippen LogP contribution is -2.14. The molecule has 36 heavy (non-hydrogen) atoms. The van der Waals surface area contributed by atoms with Gasteiger partial charge in [-0.2, -0.15) is 0 Å². The van der Waals surface area contributed by atoms with E-state index in [4.69, 9.17) is 5.73 Å². The molecule has 180 valence electrons. The van der Waals surface area contributed by atoms with Crippen LogP contribution in [0, 0.1) is 11.6 Å². The normalized spacial score (nSPS) is 15.5. The Morgan fingerprint density at radius 2 is 2.08 bits per heavy atom. The van der Waals surface area contributed by atoms with E-state index in [2.05, 4.69) is 39.3 Å². The molecule has 5 rings (SSSR count). The molecule has 2 aliphatic rings. The van der Waals surface area contributed by atoms with Gasteiger partial charge in [0.2, 0.25) is 0 Å². The molecule has 0 radical (unpaired) electrons. The highest BCUT2D eigenvalue weighted by Gasteiger charge is 2.21. The van der Waals surface area contributed by atoms with Gasteiger partial charge in [-0.25, -0.2) is 8.78 Å². The molecule has 5 nitrogen and oxygen atoms in total. The molecule has 0 spiro atoms. The van der Waals surface area contributed by atoms with Crippen LogP contribution in [-0.2, 0) is 6.42 Å². The van der Waals surface area contributed by atoms with Crippen LogP contribution in [0.4, 0.5) is 14.5 Å². The summed E-state index contributed by atoms with van der Waals surface area (Å²) in [6.07, 6.45) is 15.9. The maximum Gasteiger partial charge on any atom is 0.181 e. The maximum atomic E-state index is 14.4. The second-order valence-electron chi connectivity index (χ2n) is 8.43. The molecular weight excluding hydrogens is 456 g/mol. The van der Waals surface area contributed by atoms with Crippen LogP contribution in [0.3, 0.4) is 0 Å². The molecule has 7 heteroatoms. The molecule has 0 atom stereocenters. The highest BCUT2D eigenvalue weighted by molar-refractivity contribution is 5.90. The van der Waals surface area contributed by atoms with E-state index >= 15 is 0 Å². The van der Waals surface area contributed by atoms with Crippen LogP contribution in [0.1, 0.15) is 16.8 Å². The molecule has 0 bridgehead atoms. The number of dihydropyridines is 1. The second kappa shape index (κ2) is 10.1. The van der Waals surface area contributed by atoms with Gasteiger partial charge < -0.3 is 16.4 Å². The number of benzene rings is 1. The van der Waals surface area contributed by atoms with Crippen molar-refractivity contribution in [1.29, 1.82) is 0 Å². The summed E-state index contributed by atoms with van der Waals surface area (Å²) in [4.78, 5) is 8.85. The number of rotatable bonds is 7. The summed E-state index contributed by atoms with van der Waals surface area (Å²) in [5.41, 5.74) is 13.6. The average molecular weight is 482 g/mol. The number of nitrogens with two attached hydrogens (primary N) is 1. The first-order valence-electron chi connectivity index (χ1n) is 11.6. The summed E-state index contributed by atoms with van der Waals surface area (Å²) in [7, 11) is 0. The van der Waals surface area contributed by atoms with Crippen LogP contribution in [0.25, 0.3) is 22.3 Å². The van der Waals surface area contributed by atoms with Crippen LogP contribution >= 0.6 is 0 Å². The number of fused-ring (bicyclic) bond motifs is 1. The highest BCUT2D eigenvalue weighted by atomic mass is 19.2.